The Morgan fingerprint density at radius 2 is 0.966 bits per heavy atom. The number of aliphatic hydroxyl groups is 1. The van der Waals surface area contributed by atoms with Crippen LogP contribution in [-0.2, 0) is 18.4 Å². The fraction of sp³-hybridized carbons (Fsp3) is 0.776. The minimum absolute atomic E-state index is 0.0690. The summed E-state index contributed by atoms with van der Waals surface area (Å²) in [6.07, 6.45) is 57.0. The molecular formula is C49H91N2O6P. The summed E-state index contributed by atoms with van der Waals surface area (Å²) in [5.41, 5.74) is 5.38. The predicted octanol–water partition coefficient (Wildman–Crippen LogP) is 13.8. The van der Waals surface area contributed by atoms with E-state index in [9.17, 15) is 19.4 Å². The molecule has 0 bridgehead atoms. The van der Waals surface area contributed by atoms with Gasteiger partial charge in [0.2, 0.25) is 5.91 Å². The van der Waals surface area contributed by atoms with E-state index < -0.39 is 20.0 Å². The number of aliphatic hydroxyl groups excluding tert-OH is 1. The number of amides is 1. The predicted molar refractivity (Wildman–Crippen MR) is 249 cm³/mol. The number of nitrogens with two attached hydrogens (primary N) is 1. The largest absolute Gasteiger partial charge is 0.472 e. The third kappa shape index (κ3) is 42.3. The maximum Gasteiger partial charge on any atom is 0.472 e. The lowest BCUT2D eigenvalue weighted by atomic mass is 10.1. The van der Waals surface area contributed by atoms with E-state index in [0.29, 0.717) is 6.42 Å². The fourth-order valence-corrected chi connectivity index (χ4v) is 7.42. The van der Waals surface area contributed by atoms with Crippen molar-refractivity contribution in [3.05, 3.63) is 60.8 Å². The molecule has 8 nitrogen and oxygen atoms in total. The molecule has 0 fully saturated rings. The van der Waals surface area contributed by atoms with Gasteiger partial charge in [-0.15, -0.1) is 0 Å². The number of unbranched alkanes of at least 4 members (excludes halogenated alkanes) is 24. The summed E-state index contributed by atoms with van der Waals surface area (Å²) in [6, 6.07) is -0.888. The molecule has 0 aliphatic carbocycles. The number of carbonyl (C=O) groups excluding carboxylic acids is 1. The van der Waals surface area contributed by atoms with Gasteiger partial charge in [0.1, 0.15) is 0 Å². The highest BCUT2D eigenvalue weighted by molar-refractivity contribution is 7.47. The second-order valence-electron chi connectivity index (χ2n) is 15.9. The van der Waals surface area contributed by atoms with Gasteiger partial charge in [-0.1, -0.05) is 190 Å². The van der Waals surface area contributed by atoms with E-state index in [2.05, 4.69) is 67.8 Å². The van der Waals surface area contributed by atoms with Gasteiger partial charge in [0.05, 0.1) is 25.4 Å². The summed E-state index contributed by atoms with van der Waals surface area (Å²) in [4.78, 5) is 22.8. The van der Waals surface area contributed by atoms with Gasteiger partial charge in [0, 0.05) is 13.0 Å². The lowest BCUT2D eigenvalue weighted by molar-refractivity contribution is -0.123. The van der Waals surface area contributed by atoms with Crippen molar-refractivity contribution in [3.63, 3.8) is 0 Å². The van der Waals surface area contributed by atoms with E-state index in [-0.39, 0.29) is 25.7 Å². The maximum absolute atomic E-state index is 12.8. The number of phosphoric ester groups is 1. The van der Waals surface area contributed by atoms with Crippen LogP contribution in [0.5, 0.6) is 0 Å². The van der Waals surface area contributed by atoms with Crippen molar-refractivity contribution in [3.8, 4) is 0 Å². The number of allylic oxidation sites excluding steroid dienone is 9. The highest BCUT2D eigenvalue weighted by Crippen LogP contribution is 2.43. The van der Waals surface area contributed by atoms with E-state index in [1.165, 1.54) is 141 Å². The van der Waals surface area contributed by atoms with E-state index in [0.717, 1.165) is 51.4 Å². The minimum Gasteiger partial charge on any atom is -0.387 e. The first-order valence-corrected chi connectivity index (χ1v) is 25.4. The molecule has 0 aromatic rings. The molecule has 1 amide bonds. The second-order valence-corrected chi connectivity index (χ2v) is 17.4. The molecule has 3 atom stereocenters. The van der Waals surface area contributed by atoms with E-state index in [1.54, 1.807) is 6.08 Å². The normalized spacial score (nSPS) is 14.5. The fourth-order valence-electron chi connectivity index (χ4n) is 6.66. The van der Waals surface area contributed by atoms with E-state index >= 15 is 0 Å². The molecule has 0 aliphatic rings. The Morgan fingerprint density at radius 3 is 1.47 bits per heavy atom. The molecule has 338 valence electrons. The summed E-state index contributed by atoms with van der Waals surface area (Å²) >= 11 is 0. The Kier molecular flexibility index (Phi) is 43.4. The topological polar surface area (TPSA) is 131 Å². The Labute approximate surface area is 357 Å². The van der Waals surface area contributed by atoms with Crippen LogP contribution in [0.3, 0.4) is 0 Å². The van der Waals surface area contributed by atoms with E-state index in [4.69, 9.17) is 14.8 Å². The molecule has 0 aliphatic heterocycles. The molecule has 0 radical (unpaired) electrons. The van der Waals surface area contributed by atoms with Gasteiger partial charge in [-0.2, -0.15) is 0 Å². The third-order valence-corrected chi connectivity index (χ3v) is 11.3. The van der Waals surface area contributed by atoms with Crippen molar-refractivity contribution in [2.45, 2.75) is 225 Å². The monoisotopic (exact) mass is 835 g/mol. The molecular weight excluding hydrogens is 744 g/mol. The summed E-state index contributed by atoms with van der Waals surface area (Å²) in [5, 5.41) is 13.7. The molecule has 0 saturated heterocycles. The smallest absolute Gasteiger partial charge is 0.387 e. The number of rotatable bonds is 44. The van der Waals surface area contributed by atoms with Crippen LogP contribution >= 0.6 is 7.82 Å². The number of carbonyl (C=O) groups is 1. The lowest BCUT2D eigenvalue weighted by Crippen LogP contribution is -2.45. The maximum atomic E-state index is 12.8. The summed E-state index contributed by atoms with van der Waals surface area (Å²) in [5.74, 6) is -0.214. The number of hydrogen-bond acceptors (Lipinski definition) is 6. The highest BCUT2D eigenvalue weighted by Gasteiger charge is 2.26. The average molecular weight is 835 g/mol. The lowest BCUT2D eigenvalue weighted by Gasteiger charge is -2.23. The first kappa shape index (κ1) is 56.2. The SMILES string of the molecule is CCCCC/C=C\C/C=C\CCCCCCCCCCCC(=O)NC(COP(=O)(O)OCCN)C(O)/C=C/CC/C=C/CC/C=C/CCCCCCCCCCCC. The molecule has 0 saturated carbocycles. The van der Waals surface area contributed by atoms with Gasteiger partial charge in [-0.3, -0.25) is 13.8 Å². The highest BCUT2D eigenvalue weighted by atomic mass is 31.2. The summed E-state index contributed by atoms with van der Waals surface area (Å²) in [6.45, 7) is 4.08. The molecule has 0 aromatic heterocycles. The zero-order chi connectivity index (χ0) is 42.5. The number of hydrogen-bond donors (Lipinski definition) is 4. The van der Waals surface area contributed by atoms with Crippen molar-refractivity contribution < 1.29 is 28.4 Å². The van der Waals surface area contributed by atoms with Gasteiger partial charge >= 0.3 is 7.82 Å². The van der Waals surface area contributed by atoms with E-state index in [1.807, 2.05) is 6.08 Å². The third-order valence-electron chi connectivity index (χ3n) is 10.3. The molecule has 0 aromatic carbocycles. The van der Waals surface area contributed by atoms with Crippen molar-refractivity contribution in [2.24, 2.45) is 5.73 Å². The zero-order valence-corrected chi connectivity index (χ0v) is 38.4. The quantitative estimate of drug-likeness (QED) is 0.0273. The first-order valence-electron chi connectivity index (χ1n) is 23.9. The summed E-state index contributed by atoms with van der Waals surface area (Å²) in [7, 11) is -4.36. The van der Waals surface area contributed by atoms with Crippen LogP contribution in [0.25, 0.3) is 0 Å². The van der Waals surface area contributed by atoms with Crippen LogP contribution in [-0.4, -0.2) is 47.8 Å². The van der Waals surface area contributed by atoms with Crippen LogP contribution < -0.4 is 11.1 Å². The van der Waals surface area contributed by atoms with Crippen LogP contribution in [0.1, 0.15) is 213 Å². The van der Waals surface area contributed by atoms with Gasteiger partial charge in [-0.05, 0) is 77.0 Å². The van der Waals surface area contributed by atoms with Gasteiger partial charge in [0.15, 0.2) is 0 Å². The minimum atomic E-state index is -4.36. The van der Waals surface area contributed by atoms with Crippen molar-refractivity contribution in [2.75, 3.05) is 19.8 Å². The Hall–Kier alpha value is -1.80. The average Bonchev–Trinajstić information content (AvgIpc) is 3.21. The summed E-state index contributed by atoms with van der Waals surface area (Å²) < 4.78 is 22.2. The van der Waals surface area contributed by atoms with Gasteiger partial charge in [-0.25, -0.2) is 4.57 Å². The van der Waals surface area contributed by atoms with Gasteiger partial charge < -0.3 is 21.1 Å². The zero-order valence-electron chi connectivity index (χ0n) is 37.5. The van der Waals surface area contributed by atoms with Crippen LogP contribution in [0.4, 0.5) is 0 Å². The van der Waals surface area contributed by atoms with Gasteiger partial charge in [0.25, 0.3) is 0 Å². The van der Waals surface area contributed by atoms with Crippen LogP contribution in [0.15, 0.2) is 60.8 Å². The number of nitrogens with one attached hydrogen (secondary N) is 1. The Bertz CT molecular complexity index is 1090. The van der Waals surface area contributed by atoms with Crippen LogP contribution in [0, 0.1) is 0 Å². The molecule has 58 heavy (non-hydrogen) atoms. The van der Waals surface area contributed by atoms with Crippen molar-refractivity contribution in [1.82, 2.24) is 5.32 Å². The number of phosphoric acid groups is 1. The second kappa shape index (κ2) is 44.7. The Morgan fingerprint density at radius 1 is 0.569 bits per heavy atom. The molecule has 0 heterocycles. The standard InChI is InChI=1S/C49H91N2O6P/c1-3-5-7-9-11-13-15-17-19-21-23-25-26-28-30-32-34-36-38-40-42-48(52)47(46-57-58(54,55)56-45-44-50)51-49(53)43-41-39-37-35-33-31-29-27-24-22-20-18-16-14-12-10-8-6-4-2/h12,14,18,20,25-26,32,34,40,42,47-48,52H,3-11,13,15-17,19,21-24,27-31,33,35-39,41,43-46,50H2,1-2H3,(H,51,53)(H,54,55)/b14-12-,20-18-,26-25+,34-32+,42-40+. The molecule has 0 rings (SSSR count). The first-order chi connectivity index (χ1) is 28.4. The molecule has 5 N–H and O–H groups in total. The molecule has 9 heteroatoms. The Balaban J connectivity index is 4.24. The van der Waals surface area contributed by atoms with Crippen LogP contribution in [0.2, 0.25) is 0 Å². The molecule has 0 spiro atoms. The molecule has 3 unspecified atom stereocenters. The van der Waals surface area contributed by atoms with Crippen molar-refractivity contribution >= 4 is 13.7 Å². The van der Waals surface area contributed by atoms with Crippen molar-refractivity contribution in [1.29, 1.82) is 0 Å².